The maximum absolute atomic E-state index is 2.39. The number of hydrogen-bond acceptors (Lipinski definition) is 1. The summed E-state index contributed by atoms with van der Waals surface area (Å²) in [5.41, 5.74) is 9.54. The highest BCUT2D eigenvalue weighted by atomic mass is 32.1. The normalized spacial score (nSPS) is 14.1. The molecule has 26 heavy (non-hydrogen) atoms. The minimum atomic E-state index is 0.0489. The zero-order valence-electron chi connectivity index (χ0n) is 15.0. The Labute approximate surface area is 158 Å². The van der Waals surface area contributed by atoms with Gasteiger partial charge in [-0.15, -0.1) is 11.3 Å². The molecule has 1 heteroatoms. The van der Waals surface area contributed by atoms with Crippen molar-refractivity contribution in [2.24, 2.45) is 0 Å². The zero-order valence-corrected chi connectivity index (χ0v) is 15.8. The molecule has 1 aliphatic rings. The van der Waals surface area contributed by atoms with Gasteiger partial charge in [-0.3, -0.25) is 0 Å². The summed E-state index contributed by atoms with van der Waals surface area (Å²) in [5, 5.41) is 2.14. The van der Waals surface area contributed by atoms with E-state index in [1.54, 1.807) is 11.3 Å². The quantitative estimate of drug-likeness (QED) is 0.353. The number of benzene rings is 3. The van der Waals surface area contributed by atoms with E-state index in [0.29, 0.717) is 0 Å². The van der Waals surface area contributed by atoms with Crippen LogP contribution in [0.3, 0.4) is 0 Å². The van der Waals surface area contributed by atoms with Crippen molar-refractivity contribution in [3.05, 3.63) is 95.4 Å². The van der Waals surface area contributed by atoms with E-state index in [0.717, 1.165) is 0 Å². The van der Waals surface area contributed by atoms with Gasteiger partial charge in [-0.1, -0.05) is 74.5 Å². The molecular weight excluding hydrogens is 332 g/mol. The van der Waals surface area contributed by atoms with E-state index in [2.05, 4.69) is 98.1 Å². The van der Waals surface area contributed by atoms with Gasteiger partial charge in [0, 0.05) is 10.3 Å². The van der Waals surface area contributed by atoms with Gasteiger partial charge >= 0.3 is 0 Å². The molecule has 0 amide bonds. The van der Waals surface area contributed by atoms with Gasteiger partial charge in [0.25, 0.3) is 0 Å². The molecular formula is C25H20S. The molecule has 1 heterocycles. The number of fused-ring (bicyclic) bond motifs is 3. The highest BCUT2D eigenvalue weighted by Crippen LogP contribution is 2.49. The standard InChI is InChI=1S/C25H20S/c1-25(2)22-10-4-3-9-20(22)21-13-12-18(16-23(21)25)17-7-5-8-19(15-17)24-11-6-14-26-24/h3-16H,1-2H3. The summed E-state index contributed by atoms with van der Waals surface area (Å²) in [6.45, 7) is 4.67. The molecule has 5 rings (SSSR count). The lowest BCUT2D eigenvalue weighted by atomic mass is 9.81. The molecule has 0 atom stereocenters. The maximum atomic E-state index is 2.39. The molecule has 0 fully saturated rings. The van der Waals surface area contributed by atoms with Crippen molar-refractivity contribution < 1.29 is 0 Å². The van der Waals surface area contributed by atoms with Crippen LogP contribution in [0.5, 0.6) is 0 Å². The summed E-state index contributed by atoms with van der Waals surface area (Å²) in [6.07, 6.45) is 0. The Balaban J connectivity index is 1.64. The fraction of sp³-hybridized carbons (Fsp3) is 0.120. The molecule has 0 spiro atoms. The van der Waals surface area contributed by atoms with Crippen LogP contribution in [0.4, 0.5) is 0 Å². The molecule has 0 nitrogen and oxygen atoms in total. The first-order valence-electron chi connectivity index (χ1n) is 9.03. The Kier molecular flexibility index (Phi) is 3.41. The van der Waals surface area contributed by atoms with Gasteiger partial charge < -0.3 is 0 Å². The van der Waals surface area contributed by atoms with Gasteiger partial charge in [-0.25, -0.2) is 0 Å². The zero-order chi connectivity index (χ0) is 17.7. The van der Waals surface area contributed by atoms with Gasteiger partial charge in [0.05, 0.1) is 0 Å². The molecule has 3 aromatic carbocycles. The van der Waals surface area contributed by atoms with Crippen LogP contribution < -0.4 is 0 Å². The minimum Gasteiger partial charge on any atom is -0.144 e. The van der Waals surface area contributed by atoms with Gasteiger partial charge in [0.15, 0.2) is 0 Å². The van der Waals surface area contributed by atoms with E-state index < -0.39 is 0 Å². The SMILES string of the molecule is CC1(C)c2ccccc2-c2ccc(-c3cccc(-c4cccs4)c3)cc21. The summed E-state index contributed by atoms with van der Waals surface area (Å²) in [4.78, 5) is 1.32. The summed E-state index contributed by atoms with van der Waals surface area (Å²) in [5.74, 6) is 0. The van der Waals surface area contributed by atoms with Crippen molar-refractivity contribution in [3.8, 4) is 32.7 Å². The Morgan fingerprint density at radius 1 is 0.615 bits per heavy atom. The molecule has 1 aromatic heterocycles. The van der Waals surface area contributed by atoms with Crippen LogP contribution in [-0.2, 0) is 5.41 Å². The Hall–Kier alpha value is -2.64. The first-order chi connectivity index (χ1) is 12.6. The third-order valence-electron chi connectivity index (χ3n) is 5.59. The van der Waals surface area contributed by atoms with Gasteiger partial charge in [0.2, 0.25) is 0 Å². The number of rotatable bonds is 2. The van der Waals surface area contributed by atoms with E-state index in [4.69, 9.17) is 0 Å². The average Bonchev–Trinajstić information content (AvgIpc) is 3.29. The van der Waals surface area contributed by atoms with E-state index >= 15 is 0 Å². The van der Waals surface area contributed by atoms with Crippen molar-refractivity contribution in [3.63, 3.8) is 0 Å². The molecule has 126 valence electrons. The monoisotopic (exact) mass is 352 g/mol. The highest BCUT2D eigenvalue weighted by molar-refractivity contribution is 7.13. The third kappa shape index (κ3) is 2.28. The Bertz CT molecular complexity index is 1100. The van der Waals surface area contributed by atoms with E-state index in [1.165, 1.54) is 43.8 Å². The van der Waals surface area contributed by atoms with Crippen LogP contribution >= 0.6 is 11.3 Å². The molecule has 0 radical (unpaired) electrons. The number of hydrogen-bond donors (Lipinski definition) is 0. The average molecular weight is 353 g/mol. The number of thiophene rings is 1. The predicted molar refractivity (Wildman–Crippen MR) is 113 cm³/mol. The second-order valence-electron chi connectivity index (χ2n) is 7.49. The molecule has 0 aliphatic heterocycles. The van der Waals surface area contributed by atoms with Gasteiger partial charge in [-0.05, 0) is 62.5 Å². The third-order valence-corrected chi connectivity index (χ3v) is 6.50. The van der Waals surface area contributed by atoms with Crippen LogP contribution in [0.25, 0.3) is 32.7 Å². The van der Waals surface area contributed by atoms with Gasteiger partial charge in [-0.2, -0.15) is 0 Å². The van der Waals surface area contributed by atoms with Crippen molar-refractivity contribution in [2.45, 2.75) is 19.3 Å². The highest BCUT2D eigenvalue weighted by Gasteiger charge is 2.35. The van der Waals surface area contributed by atoms with Crippen LogP contribution in [0.15, 0.2) is 84.2 Å². The lowest BCUT2D eigenvalue weighted by Crippen LogP contribution is -2.14. The summed E-state index contributed by atoms with van der Waals surface area (Å²) < 4.78 is 0. The van der Waals surface area contributed by atoms with Crippen LogP contribution in [0.2, 0.25) is 0 Å². The molecule has 0 saturated carbocycles. The molecule has 1 aliphatic carbocycles. The lowest BCUT2D eigenvalue weighted by Gasteiger charge is -2.22. The largest absolute Gasteiger partial charge is 0.144 e. The lowest BCUT2D eigenvalue weighted by molar-refractivity contribution is 0.660. The van der Waals surface area contributed by atoms with Crippen molar-refractivity contribution in [1.29, 1.82) is 0 Å². The van der Waals surface area contributed by atoms with E-state index in [-0.39, 0.29) is 5.41 Å². The predicted octanol–water partition coefficient (Wildman–Crippen LogP) is 7.39. The van der Waals surface area contributed by atoms with Crippen LogP contribution in [0, 0.1) is 0 Å². The smallest absolute Gasteiger partial charge is 0.0342 e. The van der Waals surface area contributed by atoms with E-state index in [9.17, 15) is 0 Å². The fourth-order valence-electron chi connectivity index (χ4n) is 4.18. The maximum Gasteiger partial charge on any atom is 0.0342 e. The van der Waals surface area contributed by atoms with Crippen molar-refractivity contribution in [1.82, 2.24) is 0 Å². The second kappa shape index (κ2) is 5.69. The summed E-state index contributed by atoms with van der Waals surface area (Å²) in [7, 11) is 0. The second-order valence-corrected chi connectivity index (χ2v) is 8.44. The van der Waals surface area contributed by atoms with Crippen LogP contribution in [0.1, 0.15) is 25.0 Å². The van der Waals surface area contributed by atoms with E-state index in [1.807, 2.05) is 0 Å². The molecule has 0 unspecified atom stereocenters. The van der Waals surface area contributed by atoms with Crippen LogP contribution in [-0.4, -0.2) is 0 Å². The summed E-state index contributed by atoms with van der Waals surface area (Å²) >= 11 is 1.79. The first kappa shape index (κ1) is 15.6. The molecule has 0 bridgehead atoms. The summed E-state index contributed by atoms with van der Waals surface area (Å²) in [6, 6.07) is 29.0. The topological polar surface area (TPSA) is 0 Å². The molecule has 0 saturated heterocycles. The van der Waals surface area contributed by atoms with Crippen molar-refractivity contribution in [2.75, 3.05) is 0 Å². The van der Waals surface area contributed by atoms with Gasteiger partial charge in [0.1, 0.15) is 0 Å². The Morgan fingerprint density at radius 3 is 2.23 bits per heavy atom. The molecule has 0 N–H and O–H groups in total. The van der Waals surface area contributed by atoms with Crippen molar-refractivity contribution >= 4 is 11.3 Å². The Morgan fingerprint density at radius 2 is 1.38 bits per heavy atom. The molecule has 4 aromatic rings. The first-order valence-corrected chi connectivity index (χ1v) is 9.91. The fourth-order valence-corrected chi connectivity index (χ4v) is 4.90. The minimum absolute atomic E-state index is 0.0489.